The smallest absolute Gasteiger partial charge is 0.378 e. The molecule has 0 aliphatic rings. The van der Waals surface area contributed by atoms with Gasteiger partial charge in [0.25, 0.3) is 5.91 Å². The van der Waals surface area contributed by atoms with E-state index in [-0.39, 0.29) is 12.5 Å². The maximum Gasteiger partial charge on any atom is 0.411 e. The minimum atomic E-state index is -4.34. The fourth-order valence-corrected chi connectivity index (χ4v) is 2.66. The molecule has 2 aromatic carbocycles. The van der Waals surface area contributed by atoms with E-state index in [1.807, 2.05) is 50.2 Å². The Morgan fingerprint density at radius 3 is 2.04 bits per heavy atom. The normalized spacial score (nSPS) is 11.4. The molecule has 0 aliphatic heterocycles. The van der Waals surface area contributed by atoms with Gasteiger partial charge in [0.2, 0.25) is 0 Å². The van der Waals surface area contributed by atoms with Crippen molar-refractivity contribution in [2.45, 2.75) is 26.3 Å². The molecule has 0 aliphatic carbocycles. The number of rotatable bonds is 8. The van der Waals surface area contributed by atoms with Gasteiger partial charge in [-0.1, -0.05) is 24.3 Å². The molecule has 0 saturated carbocycles. The molecule has 0 heterocycles. The van der Waals surface area contributed by atoms with Gasteiger partial charge in [-0.25, -0.2) is 0 Å². The number of ether oxygens (including phenoxy) is 1. The molecule has 0 bridgehead atoms. The third-order valence-corrected chi connectivity index (χ3v) is 4.23. The monoisotopic (exact) mass is 394 g/mol. The van der Waals surface area contributed by atoms with Crippen LogP contribution in [0.1, 0.15) is 28.4 Å². The van der Waals surface area contributed by atoms with Crippen LogP contribution in [0.2, 0.25) is 0 Å². The highest BCUT2D eigenvalue weighted by atomic mass is 19.4. The largest absolute Gasteiger partial charge is 0.411 e. The lowest BCUT2D eigenvalue weighted by molar-refractivity contribution is -0.176. The molecule has 0 unspecified atom stereocenters. The summed E-state index contributed by atoms with van der Waals surface area (Å²) in [5.74, 6) is -0.123. The number of carbonyl (C=O) groups is 1. The second kappa shape index (κ2) is 9.59. The molecule has 0 N–H and O–H groups in total. The summed E-state index contributed by atoms with van der Waals surface area (Å²) < 4.78 is 41.0. The van der Waals surface area contributed by atoms with E-state index in [1.165, 1.54) is 0 Å². The van der Waals surface area contributed by atoms with Crippen LogP contribution in [0.5, 0.6) is 0 Å². The standard InChI is InChI=1S/C21H25F3N2O2/c1-4-26(13-16-7-11-19(12-8-16)25(2)3)20(27)18-9-5-17(6-10-18)14-28-15-21(22,23)24/h5-12H,4,13-15H2,1-3H3. The van der Waals surface area contributed by atoms with Crippen LogP contribution in [0.4, 0.5) is 18.9 Å². The second-order valence-electron chi connectivity index (χ2n) is 6.69. The first-order valence-corrected chi connectivity index (χ1v) is 8.98. The van der Waals surface area contributed by atoms with Crippen molar-refractivity contribution in [3.63, 3.8) is 0 Å². The van der Waals surface area contributed by atoms with Gasteiger partial charge in [-0.15, -0.1) is 0 Å². The maximum absolute atomic E-state index is 12.7. The van der Waals surface area contributed by atoms with Crippen molar-refractivity contribution in [3.8, 4) is 0 Å². The van der Waals surface area contributed by atoms with E-state index in [1.54, 1.807) is 29.2 Å². The predicted molar refractivity (Wildman–Crippen MR) is 103 cm³/mol. The van der Waals surface area contributed by atoms with Gasteiger partial charge in [-0.2, -0.15) is 13.2 Å². The number of alkyl halides is 3. The van der Waals surface area contributed by atoms with Crippen molar-refractivity contribution in [1.29, 1.82) is 0 Å². The molecule has 0 fully saturated rings. The maximum atomic E-state index is 12.7. The molecule has 4 nitrogen and oxygen atoms in total. The summed E-state index contributed by atoms with van der Waals surface area (Å²) in [6.45, 7) is 1.50. The average molecular weight is 394 g/mol. The zero-order valence-electron chi connectivity index (χ0n) is 16.3. The van der Waals surface area contributed by atoms with Crippen LogP contribution < -0.4 is 4.90 Å². The lowest BCUT2D eigenvalue weighted by Crippen LogP contribution is -2.30. The summed E-state index contributed by atoms with van der Waals surface area (Å²) in [5, 5.41) is 0. The Bertz CT molecular complexity index is 757. The first-order valence-electron chi connectivity index (χ1n) is 8.98. The predicted octanol–water partition coefficient (Wildman–Crippen LogP) is 4.49. The summed E-state index contributed by atoms with van der Waals surface area (Å²) in [4.78, 5) is 16.5. The molecule has 1 amide bonds. The Kier molecular flexibility index (Phi) is 7.45. The highest BCUT2D eigenvalue weighted by Crippen LogP contribution is 2.17. The van der Waals surface area contributed by atoms with Crippen molar-refractivity contribution in [1.82, 2.24) is 4.90 Å². The fourth-order valence-electron chi connectivity index (χ4n) is 2.66. The highest BCUT2D eigenvalue weighted by molar-refractivity contribution is 5.94. The molecule has 0 atom stereocenters. The van der Waals surface area contributed by atoms with E-state index in [4.69, 9.17) is 0 Å². The second-order valence-corrected chi connectivity index (χ2v) is 6.69. The summed E-state index contributed by atoms with van der Waals surface area (Å²) in [6.07, 6.45) is -4.34. The summed E-state index contributed by atoms with van der Waals surface area (Å²) in [5.41, 5.74) is 3.19. The van der Waals surface area contributed by atoms with Crippen molar-refractivity contribution in [3.05, 3.63) is 65.2 Å². The number of hydrogen-bond donors (Lipinski definition) is 0. The molecule has 0 radical (unpaired) electrons. The Hall–Kier alpha value is -2.54. The minimum Gasteiger partial charge on any atom is -0.378 e. The fraction of sp³-hybridized carbons (Fsp3) is 0.381. The number of nitrogens with zero attached hydrogens (tertiary/aromatic N) is 2. The average Bonchev–Trinajstić information content (AvgIpc) is 2.65. The third-order valence-electron chi connectivity index (χ3n) is 4.23. The zero-order chi connectivity index (χ0) is 20.7. The van der Waals surface area contributed by atoms with Gasteiger partial charge in [-0.05, 0) is 42.3 Å². The molecule has 28 heavy (non-hydrogen) atoms. The van der Waals surface area contributed by atoms with Gasteiger partial charge in [0, 0.05) is 38.4 Å². The molecule has 152 valence electrons. The number of benzene rings is 2. The first-order chi connectivity index (χ1) is 13.2. The van der Waals surface area contributed by atoms with E-state index in [0.717, 1.165) is 11.3 Å². The topological polar surface area (TPSA) is 32.8 Å². The van der Waals surface area contributed by atoms with Gasteiger partial charge in [-0.3, -0.25) is 4.79 Å². The van der Waals surface area contributed by atoms with Crippen LogP contribution in [0.25, 0.3) is 0 Å². The SMILES string of the molecule is CCN(Cc1ccc(N(C)C)cc1)C(=O)c1ccc(COCC(F)(F)F)cc1. The van der Waals surface area contributed by atoms with Crippen LogP contribution >= 0.6 is 0 Å². The molecular formula is C21H25F3N2O2. The molecule has 2 aromatic rings. The Morgan fingerprint density at radius 2 is 1.54 bits per heavy atom. The number of anilines is 1. The molecule has 0 saturated heterocycles. The van der Waals surface area contributed by atoms with Gasteiger partial charge in [0.1, 0.15) is 6.61 Å². The van der Waals surface area contributed by atoms with E-state index < -0.39 is 12.8 Å². The Labute approximate surface area is 163 Å². The summed E-state index contributed by atoms with van der Waals surface area (Å²) in [7, 11) is 3.93. The van der Waals surface area contributed by atoms with E-state index >= 15 is 0 Å². The van der Waals surface area contributed by atoms with Crippen LogP contribution in [0.3, 0.4) is 0 Å². The Morgan fingerprint density at radius 1 is 0.964 bits per heavy atom. The summed E-state index contributed by atoms with van der Waals surface area (Å²) in [6, 6.07) is 14.5. The number of hydrogen-bond acceptors (Lipinski definition) is 3. The lowest BCUT2D eigenvalue weighted by Gasteiger charge is -2.22. The van der Waals surface area contributed by atoms with Gasteiger partial charge in [0.15, 0.2) is 0 Å². The van der Waals surface area contributed by atoms with Crippen LogP contribution in [-0.2, 0) is 17.9 Å². The van der Waals surface area contributed by atoms with Gasteiger partial charge in [0.05, 0.1) is 6.61 Å². The van der Waals surface area contributed by atoms with Crippen molar-refractivity contribution in [2.24, 2.45) is 0 Å². The number of halogens is 3. The molecule has 7 heteroatoms. The van der Waals surface area contributed by atoms with Crippen LogP contribution in [0.15, 0.2) is 48.5 Å². The molecule has 0 aromatic heterocycles. The van der Waals surface area contributed by atoms with E-state index in [0.29, 0.717) is 24.2 Å². The molecular weight excluding hydrogens is 369 g/mol. The number of amides is 1. The van der Waals surface area contributed by atoms with Crippen LogP contribution in [-0.4, -0.2) is 44.2 Å². The van der Waals surface area contributed by atoms with Gasteiger partial charge < -0.3 is 14.5 Å². The Balaban J connectivity index is 1.98. The third kappa shape index (κ3) is 6.56. The number of carbonyl (C=O) groups excluding carboxylic acids is 1. The van der Waals surface area contributed by atoms with E-state index in [9.17, 15) is 18.0 Å². The van der Waals surface area contributed by atoms with Crippen molar-refractivity contribution in [2.75, 3.05) is 32.1 Å². The molecule has 0 spiro atoms. The van der Waals surface area contributed by atoms with Crippen LogP contribution in [0, 0.1) is 0 Å². The van der Waals surface area contributed by atoms with E-state index in [2.05, 4.69) is 4.74 Å². The minimum absolute atomic E-state index is 0.123. The summed E-state index contributed by atoms with van der Waals surface area (Å²) >= 11 is 0. The first kappa shape index (κ1) is 21.8. The molecule has 2 rings (SSSR count). The lowest BCUT2D eigenvalue weighted by atomic mass is 10.1. The highest BCUT2D eigenvalue weighted by Gasteiger charge is 2.27. The zero-order valence-corrected chi connectivity index (χ0v) is 16.3. The van der Waals surface area contributed by atoms with Crippen molar-refractivity contribution >= 4 is 11.6 Å². The van der Waals surface area contributed by atoms with Crippen molar-refractivity contribution < 1.29 is 22.7 Å². The van der Waals surface area contributed by atoms with Gasteiger partial charge >= 0.3 is 6.18 Å². The quantitative estimate of drug-likeness (QED) is 0.661.